The Hall–Kier alpha value is -2.22. The number of benzene rings is 1. The molecular weight excluding hydrogens is 410 g/mol. The van der Waals surface area contributed by atoms with Gasteiger partial charge in [-0.3, -0.25) is 9.36 Å². The van der Waals surface area contributed by atoms with E-state index in [9.17, 15) is 22.5 Å². The van der Waals surface area contributed by atoms with Crippen LogP contribution in [0.15, 0.2) is 27.4 Å². The van der Waals surface area contributed by atoms with Gasteiger partial charge in [-0.15, -0.1) is 0 Å². The Balaban J connectivity index is 2.46. The Labute approximate surface area is 164 Å². The van der Waals surface area contributed by atoms with E-state index in [1.54, 1.807) is 26.0 Å². The summed E-state index contributed by atoms with van der Waals surface area (Å²) in [5, 5.41) is -0.851. The first kappa shape index (κ1) is 21.5. The third-order valence-corrected chi connectivity index (χ3v) is 6.55. The summed E-state index contributed by atoms with van der Waals surface area (Å²) in [7, 11) is -4.37. The van der Waals surface area contributed by atoms with Crippen molar-refractivity contribution >= 4 is 35.0 Å². The molecule has 0 unspecified atom stereocenters. The number of hydrogen-bond donors (Lipinski definition) is 0. The van der Waals surface area contributed by atoms with Crippen molar-refractivity contribution < 1.29 is 31.2 Å². The van der Waals surface area contributed by atoms with Crippen LogP contribution in [0, 0.1) is 13.8 Å². The second-order valence-corrected chi connectivity index (χ2v) is 8.40. The number of alkyl halides is 3. The third-order valence-electron chi connectivity index (χ3n) is 4.42. The molecule has 0 amide bonds. The lowest BCUT2D eigenvalue weighted by Crippen LogP contribution is -2.25. The Morgan fingerprint density at radius 3 is 2.17 bits per heavy atom. The van der Waals surface area contributed by atoms with Crippen molar-refractivity contribution in [3.8, 4) is 0 Å². The number of aromatic nitrogens is 1. The smallest absolute Gasteiger partial charge is 0.434 e. The van der Waals surface area contributed by atoms with Gasteiger partial charge in [0.05, 0.1) is 29.3 Å². The van der Waals surface area contributed by atoms with Gasteiger partial charge in [-0.1, -0.05) is 0 Å². The quantitative estimate of drug-likeness (QED) is 0.426. The van der Waals surface area contributed by atoms with Crippen molar-refractivity contribution in [2.45, 2.75) is 33.9 Å². The zero-order valence-corrected chi connectivity index (χ0v) is 17.1. The molecule has 156 valence electrons. The summed E-state index contributed by atoms with van der Waals surface area (Å²) in [4.78, 5) is 16.5. The van der Waals surface area contributed by atoms with E-state index in [0.29, 0.717) is 0 Å². The van der Waals surface area contributed by atoms with E-state index in [1.165, 1.54) is 13.8 Å². The first-order valence-corrected chi connectivity index (χ1v) is 10.4. The second-order valence-electron chi connectivity index (χ2n) is 6.40. The van der Waals surface area contributed by atoms with Crippen molar-refractivity contribution in [3.05, 3.63) is 45.2 Å². The lowest BCUT2D eigenvalue weighted by atomic mass is 10.1. The normalized spacial score (nSPS) is 12.8. The van der Waals surface area contributed by atoms with Gasteiger partial charge >= 0.3 is 13.8 Å². The first-order chi connectivity index (χ1) is 13.5. The monoisotopic (exact) mass is 429 g/mol. The number of pyridine rings is 1. The summed E-state index contributed by atoms with van der Waals surface area (Å²) in [6.45, 7) is 6.22. The summed E-state index contributed by atoms with van der Waals surface area (Å²) >= 11 is 0. The van der Waals surface area contributed by atoms with Crippen LogP contribution in [0.25, 0.3) is 22.1 Å². The molecule has 3 rings (SSSR count). The minimum atomic E-state index is -4.97. The van der Waals surface area contributed by atoms with Crippen molar-refractivity contribution in [3.63, 3.8) is 0 Å². The van der Waals surface area contributed by atoms with Gasteiger partial charge in [0.2, 0.25) is 11.1 Å². The maximum absolute atomic E-state index is 13.7. The molecule has 0 bridgehead atoms. The molecule has 0 aliphatic carbocycles. The number of nitrogens with zero attached hydrogens (tertiary/aromatic N) is 1. The topological polar surface area (TPSA) is 78.6 Å². The minimum Gasteiger partial charge on any atom is -0.437 e. The fraction of sp³-hybridized carbons (Fsp3) is 0.368. The Morgan fingerprint density at radius 2 is 1.62 bits per heavy atom. The summed E-state index contributed by atoms with van der Waals surface area (Å²) in [5.74, 6) is 0. The van der Waals surface area contributed by atoms with Crippen LogP contribution in [-0.2, 0) is 19.8 Å². The van der Waals surface area contributed by atoms with Gasteiger partial charge in [0.25, 0.3) is 0 Å². The molecule has 0 aliphatic heterocycles. The van der Waals surface area contributed by atoms with Crippen LogP contribution in [-0.4, -0.2) is 18.2 Å². The van der Waals surface area contributed by atoms with Gasteiger partial charge in [0.1, 0.15) is 5.58 Å². The standard InChI is InChI=1S/C19H19F3NO5P/c1-5-26-29(25,27-6-2)15-9-13-16(24)12-7-10(3)11(4)8-14(12)28-18(13)23-17(15)19(20,21)22/h7-9H,5-6H2,1-4H3. The van der Waals surface area contributed by atoms with Crippen molar-refractivity contribution in [2.24, 2.45) is 0 Å². The third kappa shape index (κ3) is 3.82. The number of fused-ring (bicyclic) bond motifs is 2. The summed E-state index contributed by atoms with van der Waals surface area (Å²) < 4.78 is 69.8. The fourth-order valence-electron chi connectivity index (χ4n) is 2.96. The van der Waals surface area contributed by atoms with Gasteiger partial charge in [-0.25, -0.2) is 4.98 Å². The SMILES string of the molecule is CCOP(=O)(OCC)c1cc2c(=O)c3cc(C)c(C)cc3oc2nc1C(F)(F)F. The Morgan fingerprint density at radius 1 is 1.03 bits per heavy atom. The molecule has 0 fully saturated rings. The molecule has 0 atom stereocenters. The van der Waals surface area contributed by atoms with E-state index >= 15 is 0 Å². The predicted molar refractivity (Wildman–Crippen MR) is 103 cm³/mol. The molecule has 0 saturated heterocycles. The predicted octanol–water partition coefficient (Wildman–Crippen LogP) is 4.87. The van der Waals surface area contributed by atoms with Gasteiger partial charge in [-0.2, -0.15) is 13.2 Å². The van der Waals surface area contributed by atoms with E-state index in [2.05, 4.69) is 4.98 Å². The largest absolute Gasteiger partial charge is 0.437 e. The van der Waals surface area contributed by atoms with Crippen LogP contribution in [0.5, 0.6) is 0 Å². The number of aryl methyl sites for hydroxylation is 2. The van der Waals surface area contributed by atoms with Gasteiger partial charge in [0, 0.05) is 0 Å². The second kappa shape index (κ2) is 7.55. The molecule has 3 aromatic rings. The van der Waals surface area contributed by atoms with E-state index in [-0.39, 0.29) is 29.6 Å². The maximum atomic E-state index is 13.7. The zero-order chi connectivity index (χ0) is 21.6. The Bertz CT molecular complexity index is 1190. The highest BCUT2D eigenvalue weighted by Crippen LogP contribution is 2.49. The van der Waals surface area contributed by atoms with Crippen LogP contribution in [0.4, 0.5) is 13.2 Å². The van der Waals surface area contributed by atoms with Gasteiger partial charge < -0.3 is 13.5 Å². The van der Waals surface area contributed by atoms with Gasteiger partial charge in [-0.05, 0) is 57.0 Å². The van der Waals surface area contributed by atoms with Crippen LogP contribution in [0.1, 0.15) is 30.7 Å². The molecule has 0 aliphatic rings. The van der Waals surface area contributed by atoms with Crippen LogP contribution in [0.2, 0.25) is 0 Å². The lowest BCUT2D eigenvalue weighted by molar-refractivity contribution is -0.140. The molecule has 2 aromatic heterocycles. The Kier molecular flexibility index (Phi) is 5.60. The average Bonchev–Trinajstić information content (AvgIpc) is 2.62. The number of rotatable bonds is 5. The van der Waals surface area contributed by atoms with Crippen molar-refractivity contribution in [1.29, 1.82) is 0 Å². The van der Waals surface area contributed by atoms with E-state index in [1.807, 2.05) is 0 Å². The summed E-state index contributed by atoms with van der Waals surface area (Å²) in [6.07, 6.45) is -4.97. The molecule has 0 radical (unpaired) electrons. The van der Waals surface area contributed by atoms with E-state index < -0.39 is 35.9 Å². The highest BCUT2D eigenvalue weighted by atomic mass is 31.2. The van der Waals surface area contributed by atoms with Crippen molar-refractivity contribution in [1.82, 2.24) is 4.98 Å². The molecule has 2 heterocycles. The lowest BCUT2D eigenvalue weighted by Gasteiger charge is -2.20. The van der Waals surface area contributed by atoms with Crippen LogP contribution >= 0.6 is 7.60 Å². The molecule has 6 nitrogen and oxygen atoms in total. The zero-order valence-electron chi connectivity index (χ0n) is 16.2. The molecule has 0 saturated carbocycles. The fourth-order valence-corrected chi connectivity index (χ4v) is 4.72. The van der Waals surface area contributed by atoms with Crippen LogP contribution < -0.4 is 10.7 Å². The molecule has 0 N–H and O–H groups in total. The van der Waals surface area contributed by atoms with Crippen LogP contribution in [0.3, 0.4) is 0 Å². The molecule has 29 heavy (non-hydrogen) atoms. The molecule has 0 spiro atoms. The highest BCUT2D eigenvalue weighted by Gasteiger charge is 2.43. The van der Waals surface area contributed by atoms with Gasteiger partial charge in [0.15, 0.2) is 5.69 Å². The van der Waals surface area contributed by atoms with E-state index in [0.717, 1.165) is 17.2 Å². The summed E-state index contributed by atoms with van der Waals surface area (Å²) in [5.41, 5.74) is -0.797. The minimum absolute atomic E-state index is 0.122. The summed E-state index contributed by atoms with van der Waals surface area (Å²) in [6, 6.07) is 4.02. The average molecular weight is 429 g/mol. The van der Waals surface area contributed by atoms with Crippen molar-refractivity contribution in [2.75, 3.05) is 13.2 Å². The number of halogens is 3. The first-order valence-electron chi connectivity index (χ1n) is 8.87. The molecule has 10 heteroatoms. The maximum Gasteiger partial charge on any atom is 0.434 e. The molecular formula is C19H19F3NO5P. The van der Waals surface area contributed by atoms with E-state index in [4.69, 9.17) is 13.5 Å². The highest BCUT2D eigenvalue weighted by molar-refractivity contribution is 7.62. The number of hydrogen-bond acceptors (Lipinski definition) is 6. The molecule has 1 aromatic carbocycles.